The minimum Gasteiger partial charge on any atom is -0.338 e. The Morgan fingerprint density at radius 3 is 2.52 bits per heavy atom. The van der Waals surface area contributed by atoms with Gasteiger partial charge in [0.05, 0.1) is 5.25 Å². The molecular formula is C17H14F2N2OS. The molecule has 118 valence electrons. The maximum Gasteiger partial charge on any atom is 0.240 e. The van der Waals surface area contributed by atoms with Crippen LogP contribution in [0.15, 0.2) is 51.9 Å². The average molecular weight is 332 g/mol. The zero-order valence-electron chi connectivity index (χ0n) is 12.6. The molecule has 0 radical (unpaired) electrons. The van der Waals surface area contributed by atoms with Crippen LogP contribution < -0.4 is 0 Å². The van der Waals surface area contributed by atoms with Crippen molar-refractivity contribution in [2.75, 3.05) is 0 Å². The fourth-order valence-electron chi connectivity index (χ4n) is 2.02. The van der Waals surface area contributed by atoms with Gasteiger partial charge < -0.3 is 4.52 Å². The lowest BCUT2D eigenvalue weighted by molar-refractivity contribution is 0.381. The van der Waals surface area contributed by atoms with Crippen molar-refractivity contribution in [2.45, 2.75) is 24.0 Å². The number of hydrogen-bond acceptors (Lipinski definition) is 4. The fraction of sp³-hybridized carbons (Fsp3) is 0.176. The van der Waals surface area contributed by atoms with Crippen LogP contribution in [0, 0.1) is 18.6 Å². The van der Waals surface area contributed by atoms with Gasteiger partial charge in [-0.1, -0.05) is 17.3 Å². The largest absolute Gasteiger partial charge is 0.338 e. The molecule has 3 nitrogen and oxygen atoms in total. The minimum absolute atomic E-state index is 0.1000. The van der Waals surface area contributed by atoms with Gasteiger partial charge in [-0.15, -0.1) is 11.8 Å². The van der Waals surface area contributed by atoms with E-state index in [-0.39, 0.29) is 16.9 Å². The lowest BCUT2D eigenvalue weighted by Crippen LogP contribution is -1.90. The van der Waals surface area contributed by atoms with Crippen LogP contribution in [-0.2, 0) is 0 Å². The monoisotopic (exact) mass is 332 g/mol. The molecule has 6 heteroatoms. The molecule has 3 aromatic rings. The maximum atomic E-state index is 13.6. The Balaban J connectivity index is 1.77. The summed E-state index contributed by atoms with van der Waals surface area (Å²) in [5.41, 5.74) is 1.14. The van der Waals surface area contributed by atoms with Crippen molar-refractivity contribution in [1.82, 2.24) is 10.1 Å². The second kappa shape index (κ2) is 6.50. The number of benzene rings is 2. The summed E-state index contributed by atoms with van der Waals surface area (Å²) in [7, 11) is 0. The lowest BCUT2D eigenvalue weighted by atomic mass is 10.1. The van der Waals surface area contributed by atoms with Gasteiger partial charge in [-0.2, -0.15) is 4.98 Å². The minimum atomic E-state index is -0.303. The fourth-order valence-corrected chi connectivity index (χ4v) is 2.92. The standard InChI is InChI=1S/C17H14F2N2OS/c1-10-3-4-12(9-15(10)19)16-20-17(22-21-16)11(2)23-14-7-5-13(18)6-8-14/h3-9,11H,1-2H3. The second-order valence-electron chi connectivity index (χ2n) is 5.13. The van der Waals surface area contributed by atoms with E-state index in [1.807, 2.05) is 6.92 Å². The van der Waals surface area contributed by atoms with Crippen LogP contribution in [0.25, 0.3) is 11.4 Å². The van der Waals surface area contributed by atoms with Crippen molar-refractivity contribution in [1.29, 1.82) is 0 Å². The topological polar surface area (TPSA) is 38.9 Å². The number of rotatable bonds is 4. The van der Waals surface area contributed by atoms with Crippen molar-refractivity contribution in [3.05, 3.63) is 65.6 Å². The van der Waals surface area contributed by atoms with Crippen molar-refractivity contribution in [3.8, 4) is 11.4 Å². The molecule has 0 aliphatic heterocycles. The van der Waals surface area contributed by atoms with E-state index in [1.54, 1.807) is 31.2 Å². The number of hydrogen-bond donors (Lipinski definition) is 0. The highest BCUT2D eigenvalue weighted by atomic mass is 32.2. The Kier molecular flexibility index (Phi) is 4.43. The summed E-state index contributed by atoms with van der Waals surface area (Å²) < 4.78 is 31.8. The highest BCUT2D eigenvalue weighted by molar-refractivity contribution is 7.99. The van der Waals surface area contributed by atoms with E-state index in [2.05, 4.69) is 10.1 Å². The quantitative estimate of drug-likeness (QED) is 0.617. The van der Waals surface area contributed by atoms with Gasteiger partial charge in [0.1, 0.15) is 11.6 Å². The summed E-state index contributed by atoms with van der Waals surface area (Å²) in [4.78, 5) is 5.23. The molecule has 0 fully saturated rings. The van der Waals surface area contributed by atoms with Gasteiger partial charge in [0.2, 0.25) is 11.7 Å². The summed E-state index contributed by atoms with van der Waals surface area (Å²) in [5, 5.41) is 3.81. The highest BCUT2D eigenvalue weighted by Crippen LogP contribution is 2.34. The maximum absolute atomic E-state index is 13.6. The van der Waals surface area contributed by atoms with Gasteiger partial charge in [0.15, 0.2) is 0 Å². The predicted octanol–water partition coefficient (Wildman–Crippen LogP) is 5.18. The zero-order valence-corrected chi connectivity index (χ0v) is 13.4. The Labute approximate surface area is 136 Å². The van der Waals surface area contributed by atoms with Crippen molar-refractivity contribution in [3.63, 3.8) is 0 Å². The molecule has 0 saturated heterocycles. The first-order valence-electron chi connectivity index (χ1n) is 7.05. The third kappa shape index (κ3) is 3.59. The Bertz CT molecular complexity index is 818. The molecule has 1 aromatic heterocycles. The number of aryl methyl sites for hydroxylation is 1. The molecule has 3 rings (SSSR count). The van der Waals surface area contributed by atoms with Crippen molar-refractivity contribution < 1.29 is 13.3 Å². The number of thioether (sulfide) groups is 1. The molecule has 0 saturated carbocycles. The molecule has 1 unspecified atom stereocenters. The molecule has 0 aliphatic carbocycles. The van der Waals surface area contributed by atoms with Crippen molar-refractivity contribution >= 4 is 11.8 Å². The van der Waals surface area contributed by atoms with Crippen molar-refractivity contribution in [2.24, 2.45) is 0 Å². The summed E-state index contributed by atoms with van der Waals surface area (Å²) in [6.07, 6.45) is 0. The Hall–Kier alpha value is -2.21. The van der Waals surface area contributed by atoms with E-state index in [0.29, 0.717) is 22.8 Å². The van der Waals surface area contributed by atoms with Crippen LogP contribution in [-0.4, -0.2) is 10.1 Å². The molecule has 0 aliphatic rings. The molecule has 0 bridgehead atoms. The predicted molar refractivity (Wildman–Crippen MR) is 85.1 cm³/mol. The molecule has 1 atom stereocenters. The zero-order chi connectivity index (χ0) is 16.4. The van der Waals surface area contributed by atoms with E-state index in [1.165, 1.54) is 30.0 Å². The normalized spacial score (nSPS) is 12.3. The second-order valence-corrected chi connectivity index (χ2v) is 6.55. The molecule has 0 spiro atoms. The Morgan fingerprint density at radius 1 is 1.09 bits per heavy atom. The molecule has 1 heterocycles. The van der Waals surface area contributed by atoms with E-state index < -0.39 is 0 Å². The van der Waals surface area contributed by atoms with Crippen LogP contribution in [0.1, 0.15) is 23.6 Å². The number of halogens is 2. The summed E-state index contributed by atoms with van der Waals surface area (Å²) in [6.45, 7) is 3.61. The first kappa shape index (κ1) is 15.7. The first-order valence-corrected chi connectivity index (χ1v) is 7.93. The van der Waals surface area contributed by atoms with Crippen LogP contribution in [0.3, 0.4) is 0 Å². The number of nitrogens with zero attached hydrogens (tertiary/aromatic N) is 2. The SMILES string of the molecule is Cc1ccc(-c2noc(C(C)Sc3ccc(F)cc3)n2)cc1F. The van der Waals surface area contributed by atoms with Crippen LogP contribution in [0.4, 0.5) is 8.78 Å². The van der Waals surface area contributed by atoms with Gasteiger partial charge in [-0.05, 0) is 49.7 Å². The smallest absolute Gasteiger partial charge is 0.240 e. The van der Waals surface area contributed by atoms with Gasteiger partial charge >= 0.3 is 0 Å². The van der Waals surface area contributed by atoms with E-state index in [4.69, 9.17) is 4.52 Å². The first-order chi connectivity index (χ1) is 11.0. The van der Waals surface area contributed by atoms with Gasteiger partial charge in [-0.25, -0.2) is 8.78 Å². The van der Waals surface area contributed by atoms with Crippen LogP contribution >= 0.6 is 11.8 Å². The van der Waals surface area contributed by atoms with E-state index >= 15 is 0 Å². The molecule has 0 amide bonds. The van der Waals surface area contributed by atoms with E-state index in [9.17, 15) is 8.78 Å². The molecule has 2 aromatic carbocycles. The molecular weight excluding hydrogens is 318 g/mol. The average Bonchev–Trinajstić information content (AvgIpc) is 3.02. The van der Waals surface area contributed by atoms with E-state index in [0.717, 1.165) is 4.90 Å². The number of aromatic nitrogens is 2. The molecule has 23 heavy (non-hydrogen) atoms. The Morgan fingerprint density at radius 2 is 1.83 bits per heavy atom. The highest BCUT2D eigenvalue weighted by Gasteiger charge is 2.17. The van der Waals surface area contributed by atoms with Gasteiger partial charge in [0.25, 0.3) is 0 Å². The van der Waals surface area contributed by atoms with Crippen LogP contribution in [0.2, 0.25) is 0 Å². The molecule has 0 N–H and O–H groups in total. The third-order valence-electron chi connectivity index (χ3n) is 3.35. The lowest BCUT2D eigenvalue weighted by Gasteiger charge is -2.05. The third-order valence-corrected chi connectivity index (χ3v) is 4.45. The van der Waals surface area contributed by atoms with Gasteiger partial charge in [-0.3, -0.25) is 0 Å². The summed E-state index contributed by atoms with van der Waals surface area (Å²) >= 11 is 1.48. The van der Waals surface area contributed by atoms with Crippen LogP contribution in [0.5, 0.6) is 0 Å². The summed E-state index contributed by atoms with van der Waals surface area (Å²) in [6, 6.07) is 11.0. The summed E-state index contributed by atoms with van der Waals surface area (Å²) in [5.74, 6) is 0.215. The van der Waals surface area contributed by atoms with Gasteiger partial charge in [0, 0.05) is 10.5 Å².